The van der Waals surface area contributed by atoms with Crippen molar-refractivity contribution in [2.24, 2.45) is 5.92 Å². The summed E-state index contributed by atoms with van der Waals surface area (Å²) in [5.41, 5.74) is 0. The van der Waals surface area contributed by atoms with E-state index in [1.807, 2.05) is 6.07 Å². The van der Waals surface area contributed by atoms with Crippen LogP contribution >= 0.6 is 0 Å². The molecule has 4 nitrogen and oxygen atoms in total. The van der Waals surface area contributed by atoms with Crippen LogP contribution in [0.15, 0.2) is 23.1 Å². The van der Waals surface area contributed by atoms with Crippen molar-refractivity contribution < 1.29 is 17.2 Å². The first-order valence-electron chi connectivity index (χ1n) is 6.71. The van der Waals surface area contributed by atoms with Gasteiger partial charge in [0.1, 0.15) is 11.6 Å². The van der Waals surface area contributed by atoms with Crippen molar-refractivity contribution in [3.63, 3.8) is 0 Å². The molecule has 1 aromatic rings. The summed E-state index contributed by atoms with van der Waals surface area (Å²) in [7, 11) is -4.02. The molecule has 21 heavy (non-hydrogen) atoms. The van der Waals surface area contributed by atoms with E-state index in [0.717, 1.165) is 25.0 Å². The first kappa shape index (κ1) is 15.9. The highest BCUT2D eigenvalue weighted by molar-refractivity contribution is 7.89. The van der Waals surface area contributed by atoms with Gasteiger partial charge in [-0.05, 0) is 37.8 Å². The third kappa shape index (κ3) is 3.57. The number of benzene rings is 1. The van der Waals surface area contributed by atoms with E-state index in [9.17, 15) is 17.2 Å². The Bertz CT molecular complexity index is 646. The van der Waals surface area contributed by atoms with Gasteiger partial charge in [-0.2, -0.15) is 9.57 Å². The number of nitrogens with zero attached hydrogens (tertiary/aromatic N) is 2. The second kappa shape index (κ2) is 6.08. The van der Waals surface area contributed by atoms with Crippen LogP contribution in [0.5, 0.6) is 0 Å². The number of halogens is 2. The van der Waals surface area contributed by atoms with Crippen LogP contribution in [-0.2, 0) is 10.0 Å². The van der Waals surface area contributed by atoms with Crippen LogP contribution < -0.4 is 0 Å². The minimum Gasteiger partial charge on any atom is -0.207 e. The Morgan fingerprint density at radius 2 is 1.90 bits per heavy atom. The maximum atomic E-state index is 13.3. The van der Waals surface area contributed by atoms with Crippen molar-refractivity contribution in [1.82, 2.24) is 4.31 Å². The van der Waals surface area contributed by atoms with Gasteiger partial charge in [-0.15, -0.1) is 0 Å². The standard InChI is InChI=1S/C14H16F2N2O2S/c1-10(11-3-4-11)18(6-2-5-17)21(19,20)14-8-12(15)7-13(16)9-14/h7-11H,2-4,6H2,1H3. The van der Waals surface area contributed by atoms with Crippen molar-refractivity contribution in [3.8, 4) is 6.07 Å². The molecule has 1 aromatic carbocycles. The lowest BCUT2D eigenvalue weighted by atomic mass is 10.2. The zero-order chi connectivity index (χ0) is 15.6. The molecule has 0 aliphatic heterocycles. The van der Waals surface area contributed by atoms with E-state index >= 15 is 0 Å². The minimum atomic E-state index is -4.02. The average Bonchev–Trinajstić information content (AvgIpc) is 3.21. The second-order valence-electron chi connectivity index (χ2n) is 5.21. The van der Waals surface area contributed by atoms with E-state index in [1.165, 1.54) is 4.31 Å². The molecule has 0 spiro atoms. The molecule has 1 unspecified atom stereocenters. The maximum Gasteiger partial charge on any atom is 0.243 e. The fourth-order valence-electron chi connectivity index (χ4n) is 2.33. The highest BCUT2D eigenvalue weighted by Crippen LogP contribution is 2.37. The van der Waals surface area contributed by atoms with E-state index in [4.69, 9.17) is 5.26 Å². The molecule has 0 bridgehead atoms. The highest BCUT2D eigenvalue weighted by atomic mass is 32.2. The van der Waals surface area contributed by atoms with E-state index < -0.39 is 26.6 Å². The Balaban J connectivity index is 2.38. The molecule has 1 atom stereocenters. The molecular formula is C14H16F2N2O2S. The van der Waals surface area contributed by atoms with Crippen LogP contribution in [0.2, 0.25) is 0 Å². The van der Waals surface area contributed by atoms with Gasteiger partial charge >= 0.3 is 0 Å². The molecule has 1 fully saturated rings. The average molecular weight is 314 g/mol. The number of nitriles is 1. The first-order valence-corrected chi connectivity index (χ1v) is 8.15. The second-order valence-corrected chi connectivity index (χ2v) is 7.10. The largest absolute Gasteiger partial charge is 0.243 e. The van der Waals surface area contributed by atoms with Gasteiger partial charge in [0.05, 0.1) is 11.0 Å². The molecule has 1 aliphatic carbocycles. The Hall–Kier alpha value is -1.52. The quantitative estimate of drug-likeness (QED) is 0.811. The van der Waals surface area contributed by atoms with E-state index in [0.29, 0.717) is 6.07 Å². The molecule has 0 aromatic heterocycles. The van der Waals surface area contributed by atoms with Gasteiger partial charge in [-0.1, -0.05) is 0 Å². The summed E-state index contributed by atoms with van der Waals surface area (Å²) in [5, 5.41) is 8.68. The summed E-state index contributed by atoms with van der Waals surface area (Å²) in [6, 6.07) is 3.86. The fourth-order valence-corrected chi connectivity index (χ4v) is 4.06. The van der Waals surface area contributed by atoms with Crippen LogP contribution in [0.25, 0.3) is 0 Å². The molecule has 0 radical (unpaired) electrons. The summed E-state index contributed by atoms with van der Waals surface area (Å²) in [5.74, 6) is -1.63. The van der Waals surface area contributed by atoms with Crippen molar-refractivity contribution in [1.29, 1.82) is 5.26 Å². The van der Waals surface area contributed by atoms with Crippen molar-refractivity contribution >= 4 is 10.0 Å². The van der Waals surface area contributed by atoms with Crippen LogP contribution in [0, 0.1) is 28.9 Å². The van der Waals surface area contributed by atoms with Gasteiger partial charge in [0.15, 0.2) is 0 Å². The van der Waals surface area contributed by atoms with E-state index in [2.05, 4.69) is 0 Å². The van der Waals surface area contributed by atoms with E-state index in [-0.39, 0.29) is 24.9 Å². The Kier molecular flexibility index (Phi) is 4.59. The molecule has 114 valence electrons. The molecular weight excluding hydrogens is 298 g/mol. The number of sulfonamides is 1. The molecule has 0 N–H and O–H groups in total. The normalized spacial score (nSPS) is 16.7. The van der Waals surface area contributed by atoms with E-state index in [1.54, 1.807) is 6.92 Å². The van der Waals surface area contributed by atoms with Gasteiger partial charge in [0.2, 0.25) is 10.0 Å². The van der Waals surface area contributed by atoms with Crippen molar-refractivity contribution in [3.05, 3.63) is 29.8 Å². The molecule has 0 saturated heterocycles. The minimum absolute atomic E-state index is 0.0225. The van der Waals surface area contributed by atoms with Gasteiger partial charge in [0, 0.05) is 25.1 Å². The lowest BCUT2D eigenvalue weighted by Crippen LogP contribution is -2.40. The Morgan fingerprint density at radius 3 is 2.38 bits per heavy atom. The monoisotopic (exact) mass is 314 g/mol. The lowest BCUT2D eigenvalue weighted by molar-refractivity contribution is 0.314. The zero-order valence-corrected chi connectivity index (χ0v) is 12.4. The molecule has 1 aliphatic rings. The van der Waals surface area contributed by atoms with Crippen LogP contribution in [0.1, 0.15) is 26.2 Å². The Labute approximate surface area is 123 Å². The fraction of sp³-hybridized carbons (Fsp3) is 0.500. The van der Waals surface area contributed by atoms with Gasteiger partial charge in [-0.25, -0.2) is 17.2 Å². The highest BCUT2D eigenvalue weighted by Gasteiger charge is 2.38. The molecule has 2 rings (SSSR count). The summed E-state index contributed by atoms with van der Waals surface area (Å²) in [4.78, 5) is -0.412. The number of rotatable bonds is 6. The first-order chi connectivity index (χ1) is 9.86. The number of hydrogen-bond acceptors (Lipinski definition) is 3. The molecule has 0 amide bonds. The van der Waals surface area contributed by atoms with Crippen LogP contribution in [0.4, 0.5) is 8.78 Å². The van der Waals surface area contributed by atoms with Crippen molar-refractivity contribution in [2.45, 2.75) is 37.1 Å². The molecule has 0 heterocycles. The molecule has 7 heteroatoms. The SMILES string of the molecule is CC(C1CC1)N(CCC#N)S(=O)(=O)c1cc(F)cc(F)c1. The van der Waals surface area contributed by atoms with Gasteiger partial charge in [0.25, 0.3) is 0 Å². The molecule has 1 saturated carbocycles. The van der Waals surface area contributed by atoms with Gasteiger partial charge in [-0.3, -0.25) is 0 Å². The van der Waals surface area contributed by atoms with Crippen molar-refractivity contribution in [2.75, 3.05) is 6.54 Å². The number of hydrogen-bond donors (Lipinski definition) is 0. The van der Waals surface area contributed by atoms with Crippen LogP contribution in [0.3, 0.4) is 0 Å². The predicted molar refractivity (Wildman–Crippen MR) is 72.7 cm³/mol. The zero-order valence-electron chi connectivity index (χ0n) is 11.6. The summed E-state index contributed by atoms with van der Waals surface area (Å²) in [6.07, 6.45) is 1.89. The maximum absolute atomic E-state index is 13.3. The smallest absolute Gasteiger partial charge is 0.207 e. The van der Waals surface area contributed by atoms with Gasteiger partial charge < -0.3 is 0 Å². The summed E-state index contributed by atoms with van der Waals surface area (Å²) < 4.78 is 52.9. The third-order valence-corrected chi connectivity index (χ3v) is 5.61. The third-order valence-electron chi connectivity index (χ3n) is 3.65. The Morgan fingerprint density at radius 1 is 1.33 bits per heavy atom. The predicted octanol–water partition coefficient (Wildman–Crippen LogP) is 2.67. The lowest BCUT2D eigenvalue weighted by Gasteiger charge is -2.27. The summed E-state index contributed by atoms with van der Waals surface area (Å²) in [6.45, 7) is 1.79. The topological polar surface area (TPSA) is 61.2 Å². The summed E-state index contributed by atoms with van der Waals surface area (Å²) >= 11 is 0. The van der Waals surface area contributed by atoms with Crippen LogP contribution in [-0.4, -0.2) is 25.3 Å².